The summed E-state index contributed by atoms with van der Waals surface area (Å²) < 4.78 is 0. The predicted octanol–water partition coefficient (Wildman–Crippen LogP) is 3.30. The molecular formula is C18H29NO3. The predicted molar refractivity (Wildman–Crippen MR) is 84.3 cm³/mol. The molecule has 22 heavy (non-hydrogen) atoms. The number of carbonyl (C=O) groups is 2. The number of amides is 1. The van der Waals surface area contributed by atoms with Crippen LogP contribution in [-0.2, 0) is 9.59 Å². The maximum atomic E-state index is 13.1. The lowest BCUT2D eigenvalue weighted by molar-refractivity contribution is -0.152. The summed E-state index contributed by atoms with van der Waals surface area (Å²) in [5.41, 5.74) is 0.501. The summed E-state index contributed by atoms with van der Waals surface area (Å²) in [5.74, 6) is -1.43. The Labute approximate surface area is 133 Å². The van der Waals surface area contributed by atoms with Crippen LogP contribution >= 0.6 is 0 Å². The lowest BCUT2D eigenvalue weighted by atomic mass is 9.65. The number of fused-ring (bicyclic) bond motifs is 2. The highest BCUT2D eigenvalue weighted by atomic mass is 16.4. The van der Waals surface area contributed by atoms with Crippen LogP contribution in [0.25, 0.3) is 0 Å². The molecule has 2 aliphatic carbocycles. The van der Waals surface area contributed by atoms with Crippen molar-refractivity contribution in [3.8, 4) is 0 Å². The van der Waals surface area contributed by atoms with Gasteiger partial charge in [-0.15, -0.1) is 0 Å². The van der Waals surface area contributed by atoms with Crippen LogP contribution < -0.4 is 0 Å². The number of rotatable bonds is 2. The molecule has 3 aliphatic rings. The van der Waals surface area contributed by atoms with Crippen molar-refractivity contribution in [1.29, 1.82) is 0 Å². The van der Waals surface area contributed by atoms with Crippen LogP contribution in [-0.4, -0.2) is 34.5 Å². The zero-order valence-electron chi connectivity index (χ0n) is 14.1. The summed E-state index contributed by atoms with van der Waals surface area (Å²) >= 11 is 0. The van der Waals surface area contributed by atoms with Gasteiger partial charge >= 0.3 is 5.97 Å². The SMILES string of the molecule is CC1(C)C[C@H]2C[C@@](C)(CN2C(=O)[C@H]2CCCC[C@@H]2C(=O)O)C1. The van der Waals surface area contributed by atoms with Gasteiger partial charge in [-0.25, -0.2) is 0 Å². The van der Waals surface area contributed by atoms with Gasteiger partial charge in [0.05, 0.1) is 11.8 Å². The molecule has 4 heteroatoms. The maximum Gasteiger partial charge on any atom is 0.307 e. The average molecular weight is 307 g/mol. The number of carboxylic acids is 1. The largest absolute Gasteiger partial charge is 0.481 e. The molecule has 0 unspecified atom stereocenters. The molecule has 1 saturated heterocycles. The normalized spacial score (nSPS) is 40.5. The molecule has 1 amide bonds. The van der Waals surface area contributed by atoms with E-state index in [1.54, 1.807) is 0 Å². The molecule has 1 heterocycles. The van der Waals surface area contributed by atoms with E-state index in [2.05, 4.69) is 25.7 Å². The molecule has 0 aromatic rings. The number of likely N-dealkylation sites (tertiary alicyclic amines) is 1. The molecule has 0 spiro atoms. The monoisotopic (exact) mass is 307 g/mol. The van der Waals surface area contributed by atoms with Gasteiger partial charge in [0.1, 0.15) is 0 Å². The molecule has 4 atom stereocenters. The fourth-order valence-corrected chi connectivity index (χ4v) is 5.65. The average Bonchev–Trinajstić information content (AvgIpc) is 2.67. The van der Waals surface area contributed by atoms with Crippen molar-refractivity contribution in [2.45, 2.75) is 71.8 Å². The number of hydrogen-bond donors (Lipinski definition) is 1. The summed E-state index contributed by atoms with van der Waals surface area (Å²) in [6, 6.07) is 0.317. The van der Waals surface area contributed by atoms with Gasteiger partial charge in [0.25, 0.3) is 0 Å². The van der Waals surface area contributed by atoms with Gasteiger partial charge in [0, 0.05) is 12.6 Å². The first-order valence-electron chi connectivity index (χ1n) is 8.74. The summed E-state index contributed by atoms with van der Waals surface area (Å²) in [7, 11) is 0. The van der Waals surface area contributed by atoms with Crippen LogP contribution in [0.5, 0.6) is 0 Å². The minimum Gasteiger partial charge on any atom is -0.481 e. The van der Waals surface area contributed by atoms with E-state index < -0.39 is 11.9 Å². The fourth-order valence-electron chi connectivity index (χ4n) is 5.65. The molecule has 1 aliphatic heterocycles. The van der Waals surface area contributed by atoms with Gasteiger partial charge < -0.3 is 10.0 Å². The van der Waals surface area contributed by atoms with E-state index in [4.69, 9.17) is 0 Å². The Hall–Kier alpha value is -1.06. The zero-order chi connectivity index (χ0) is 16.1. The maximum absolute atomic E-state index is 13.1. The van der Waals surface area contributed by atoms with Crippen LogP contribution in [0.4, 0.5) is 0 Å². The molecule has 0 aromatic heterocycles. The third kappa shape index (κ3) is 2.77. The van der Waals surface area contributed by atoms with Crippen molar-refractivity contribution < 1.29 is 14.7 Å². The molecule has 4 nitrogen and oxygen atoms in total. The molecule has 1 N–H and O–H groups in total. The van der Waals surface area contributed by atoms with Crippen LogP contribution in [0, 0.1) is 22.7 Å². The van der Waals surface area contributed by atoms with Crippen LogP contribution in [0.1, 0.15) is 65.7 Å². The second kappa shape index (κ2) is 5.24. The molecular weight excluding hydrogens is 278 g/mol. The van der Waals surface area contributed by atoms with Crippen LogP contribution in [0.3, 0.4) is 0 Å². The van der Waals surface area contributed by atoms with E-state index in [9.17, 15) is 14.7 Å². The van der Waals surface area contributed by atoms with Gasteiger partial charge in [-0.2, -0.15) is 0 Å². The van der Waals surface area contributed by atoms with E-state index in [0.717, 1.165) is 45.1 Å². The highest BCUT2D eigenvalue weighted by molar-refractivity contribution is 5.85. The van der Waals surface area contributed by atoms with Crippen molar-refractivity contribution >= 4 is 11.9 Å². The number of carboxylic acid groups (broad SMARTS) is 1. The minimum absolute atomic E-state index is 0.124. The number of carbonyl (C=O) groups excluding carboxylic acids is 1. The first-order chi connectivity index (χ1) is 10.2. The van der Waals surface area contributed by atoms with E-state index in [1.807, 2.05) is 0 Å². The van der Waals surface area contributed by atoms with Crippen molar-refractivity contribution in [3.63, 3.8) is 0 Å². The Morgan fingerprint density at radius 3 is 2.32 bits per heavy atom. The van der Waals surface area contributed by atoms with E-state index in [-0.39, 0.29) is 22.7 Å². The van der Waals surface area contributed by atoms with Gasteiger partial charge in [-0.05, 0) is 42.9 Å². The highest BCUT2D eigenvalue weighted by Gasteiger charge is 2.52. The van der Waals surface area contributed by atoms with Gasteiger partial charge in [0.15, 0.2) is 0 Å². The standard InChI is InChI=1S/C18H29NO3/c1-17(2)8-12-9-18(3,10-17)11-19(12)15(20)13-6-4-5-7-14(13)16(21)22/h12-14H,4-11H2,1-3H3,(H,21,22)/t12-,13-,14-,18+/m0/s1. The third-order valence-corrected chi connectivity index (χ3v) is 6.10. The minimum atomic E-state index is -0.785. The van der Waals surface area contributed by atoms with Crippen molar-refractivity contribution in [3.05, 3.63) is 0 Å². The Balaban J connectivity index is 1.79. The Morgan fingerprint density at radius 2 is 1.68 bits per heavy atom. The number of aliphatic carboxylic acids is 1. The zero-order valence-corrected chi connectivity index (χ0v) is 14.1. The molecule has 124 valence electrons. The number of nitrogens with zero attached hydrogens (tertiary/aromatic N) is 1. The molecule has 0 radical (unpaired) electrons. The third-order valence-electron chi connectivity index (χ3n) is 6.10. The fraction of sp³-hybridized carbons (Fsp3) is 0.889. The van der Waals surface area contributed by atoms with E-state index in [1.165, 1.54) is 0 Å². The molecule has 0 aromatic carbocycles. The second-order valence-corrected chi connectivity index (χ2v) is 9.02. The van der Waals surface area contributed by atoms with Crippen LogP contribution in [0.2, 0.25) is 0 Å². The smallest absolute Gasteiger partial charge is 0.307 e. The molecule has 2 saturated carbocycles. The van der Waals surface area contributed by atoms with Gasteiger partial charge in [-0.3, -0.25) is 9.59 Å². The molecule has 3 rings (SSSR count). The molecule has 3 fully saturated rings. The lowest BCUT2D eigenvalue weighted by Crippen LogP contribution is -2.45. The van der Waals surface area contributed by atoms with E-state index >= 15 is 0 Å². The van der Waals surface area contributed by atoms with Crippen molar-refractivity contribution in [2.24, 2.45) is 22.7 Å². The molecule has 2 bridgehead atoms. The second-order valence-electron chi connectivity index (χ2n) is 9.02. The summed E-state index contributed by atoms with van der Waals surface area (Å²) in [6.45, 7) is 7.71. The van der Waals surface area contributed by atoms with Crippen LogP contribution in [0.15, 0.2) is 0 Å². The Kier molecular flexibility index (Phi) is 3.77. The van der Waals surface area contributed by atoms with Crippen molar-refractivity contribution in [2.75, 3.05) is 6.54 Å². The lowest BCUT2D eigenvalue weighted by Gasteiger charge is -2.40. The van der Waals surface area contributed by atoms with Gasteiger partial charge in [-0.1, -0.05) is 33.6 Å². The Morgan fingerprint density at radius 1 is 1.05 bits per heavy atom. The highest BCUT2D eigenvalue weighted by Crippen LogP contribution is 2.53. The van der Waals surface area contributed by atoms with E-state index in [0.29, 0.717) is 12.5 Å². The first kappa shape index (κ1) is 15.8. The summed E-state index contributed by atoms with van der Waals surface area (Å²) in [5, 5.41) is 9.45. The summed E-state index contributed by atoms with van der Waals surface area (Å²) in [4.78, 5) is 26.6. The topological polar surface area (TPSA) is 57.6 Å². The quantitative estimate of drug-likeness (QED) is 0.851. The Bertz CT molecular complexity index is 487. The number of hydrogen-bond acceptors (Lipinski definition) is 2. The van der Waals surface area contributed by atoms with Crippen molar-refractivity contribution in [1.82, 2.24) is 4.90 Å². The van der Waals surface area contributed by atoms with Gasteiger partial charge in [0.2, 0.25) is 5.91 Å². The summed E-state index contributed by atoms with van der Waals surface area (Å²) in [6.07, 6.45) is 6.64. The first-order valence-corrected chi connectivity index (χ1v) is 8.74.